The number of aromatic nitrogens is 3. The zero-order chi connectivity index (χ0) is 11.2. The second-order valence-electron chi connectivity index (χ2n) is 3.67. The maximum atomic E-state index is 4.25. The first-order valence-corrected chi connectivity index (χ1v) is 5.44. The quantitative estimate of drug-likeness (QED) is 0.768. The average molecular weight is 216 g/mol. The molecular weight excluding hydrogens is 200 g/mol. The lowest BCUT2D eigenvalue weighted by Crippen LogP contribution is -2.20. The molecule has 0 amide bonds. The van der Waals surface area contributed by atoms with Gasteiger partial charge in [0, 0.05) is 38.2 Å². The highest BCUT2D eigenvalue weighted by Crippen LogP contribution is 1.95. The zero-order valence-corrected chi connectivity index (χ0v) is 9.43. The molecule has 4 nitrogen and oxygen atoms in total. The highest BCUT2D eigenvalue weighted by molar-refractivity contribution is 5.02. The Morgan fingerprint density at radius 3 is 2.88 bits per heavy atom. The smallest absolute Gasteiger partial charge is 0.105 e. The van der Waals surface area contributed by atoms with E-state index in [0.29, 0.717) is 0 Å². The lowest BCUT2D eigenvalue weighted by atomic mass is 10.3. The Morgan fingerprint density at radius 2 is 2.19 bits per heavy atom. The number of aryl methyl sites for hydroxylation is 1. The van der Waals surface area contributed by atoms with Gasteiger partial charge in [-0.25, -0.2) is 4.98 Å². The molecule has 2 aromatic heterocycles. The van der Waals surface area contributed by atoms with Gasteiger partial charge in [-0.1, -0.05) is 6.07 Å². The third-order valence-electron chi connectivity index (χ3n) is 2.49. The Bertz CT molecular complexity index is 422. The summed E-state index contributed by atoms with van der Waals surface area (Å²) in [5.74, 6) is 1.06. The third kappa shape index (κ3) is 2.90. The van der Waals surface area contributed by atoms with E-state index >= 15 is 0 Å². The molecule has 0 aliphatic heterocycles. The van der Waals surface area contributed by atoms with Gasteiger partial charge < -0.3 is 9.88 Å². The van der Waals surface area contributed by atoms with E-state index in [4.69, 9.17) is 0 Å². The number of nitrogens with zero attached hydrogens (tertiary/aromatic N) is 3. The van der Waals surface area contributed by atoms with Crippen LogP contribution in [0.25, 0.3) is 0 Å². The summed E-state index contributed by atoms with van der Waals surface area (Å²) in [5.41, 5.74) is 1.07. The molecule has 0 bridgehead atoms. The van der Waals surface area contributed by atoms with Gasteiger partial charge in [0.1, 0.15) is 5.82 Å². The number of rotatable bonds is 5. The fraction of sp³-hybridized carbons (Fsp3) is 0.333. The van der Waals surface area contributed by atoms with Gasteiger partial charge in [0.2, 0.25) is 0 Å². The van der Waals surface area contributed by atoms with E-state index in [-0.39, 0.29) is 0 Å². The first kappa shape index (κ1) is 10.8. The molecule has 0 saturated carbocycles. The molecule has 0 spiro atoms. The summed E-state index contributed by atoms with van der Waals surface area (Å²) >= 11 is 0. The minimum atomic E-state index is 0.814. The number of hydrogen-bond donors (Lipinski definition) is 1. The van der Waals surface area contributed by atoms with Crippen LogP contribution in [0, 0.1) is 6.92 Å². The maximum absolute atomic E-state index is 4.25. The van der Waals surface area contributed by atoms with Crippen LogP contribution in [0.2, 0.25) is 0 Å². The van der Waals surface area contributed by atoms with Crippen molar-refractivity contribution in [3.8, 4) is 0 Å². The standard InChI is InChI=1S/C12H16N4/c1-11-14-7-9-16(11)8-6-13-10-12-4-2-3-5-15-12/h2-5,7,9,13H,6,8,10H2,1H3. The van der Waals surface area contributed by atoms with Gasteiger partial charge in [0.15, 0.2) is 0 Å². The minimum absolute atomic E-state index is 0.814. The van der Waals surface area contributed by atoms with Crippen molar-refractivity contribution in [3.63, 3.8) is 0 Å². The first-order valence-electron chi connectivity index (χ1n) is 5.44. The van der Waals surface area contributed by atoms with Gasteiger partial charge in [-0.05, 0) is 19.1 Å². The predicted octanol–water partition coefficient (Wildman–Crippen LogP) is 1.38. The Balaban J connectivity index is 1.72. The van der Waals surface area contributed by atoms with Gasteiger partial charge in [-0.15, -0.1) is 0 Å². The van der Waals surface area contributed by atoms with Crippen LogP contribution < -0.4 is 5.32 Å². The van der Waals surface area contributed by atoms with Crippen molar-refractivity contribution < 1.29 is 0 Å². The van der Waals surface area contributed by atoms with E-state index in [9.17, 15) is 0 Å². The van der Waals surface area contributed by atoms with Crippen LogP contribution in [0.4, 0.5) is 0 Å². The van der Waals surface area contributed by atoms with Crippen molar-refractivity contribution >= 4 is 0 Å². The monoisotopic (exact) mass is 216 g/mol. The molecule has 0 radical (unpaired) electrons. The van der Waals surface area contributed by atoms with Crippen LogP contribution in [-0.2, 0) is 13.1 Å². The van der Waals surface area contributed by atoms with E-state index in [2.05, 4.69) is 19.9 Å². The largest absolute Gasteiger partial charge is 0.334 e. The summed E-state index contributed by atoms with van der Waals surface area (Å²) in [6.07, 6.45) is 5.64. The summed E-state index contributed by atoms with van der Waals surface area (Å²) in [5, 5.41) is 3.36. The Hall–Kier alpha value is -1.68. The number of nitrogens with one attached hydrogen (secondary N) is 1. The highest BCUT2D eigenvalue weighted by atomic mass is 15.1. The van der Waals surface area contributed by atoms with Crippen LogP contribution >= 0.6 is 0 Å². The Kier molecular flexibility index (Phi) is 3.66. The van der Waals surface area contributed by atoms with E-state index in [1.807, 2.05) is 43.7 Å². The molecular formula is C12H16N4. The molecule has 0 aliphatic carbocycles. The van der Waals surface area contributed by atoms with Gasteiger partial charge in [0.25, 0.3) is 0 Å². The number of hydrogen-bond acceptors (Lipinski definition) is 3. The van der Waals surface area contributed by atoms with Crippen molar-refractivity contribution in [2.24, 2.45) is 0 Å². The molecule has 0 aromatic carbocycles. The fourth-order valence-corrected chi connectivity index (χ4v) is 1.56. The summed E-state index contributed by atoms with van der Waals surface area (Å²) in [6, 6.07) is 5.96. The van der Waals surface area contributed by atoms with Gasteiger partial charge in [-0.2, -0.15) is 0 Å². The van der Waals surface area contributed by atoms with Gasteiger partial charge in [-0.3, -0.25) is 4.98 Å². The van der Waals surface area contributed by atoms with Crippen molar-refractivity contribution in [2.45, 2.75) is 20.0 Å². The van der Waals surface area contributed by atoms with Crippen LogP contribution in [0.15, 0.2) is 36.8 Å². The average Bonchev–Trinajstić information content (AvgIpc) is 2.72. The highest BCUT2D eigenvalue weighted by Gasteiger charge is 1.96. The molecule has 0 atom stereocenters. The Morgan fingerprint density at radius 1 is 1.25 bits per heavy atom. The summed E-state index contributed by atoms with van der Waals surface area (Å²) in [4.78, 5) is 8.43. The number of pyridine rings is 1. The SMILES string of the molecule is Cc1nccn1CCNCc1ccccn1. The lowest BCUT2D eigenvalue weighted by molar-refractivity contribution is 0.583. The van der Waals surface area contributed by atoms with Crippen LogP contribution in [0.3, 0.4) is 0 Å². The molecule has 2 aromatic rings. The summed E-state index contributed by atoms with van der Waals surface area (Å²) in [7, 11) is 0. The topological polar surface area (TPSA) is 42.7 Å². The van der Waals surface area contributed by atoms with Crippen molar-refractivity contribution in [1.29, 1.82) is 0 Å². The molecule has 16 heavy (non-hydrogen) atoms. The van der Waals surface area contributed by atoms with E-state index < -0.39 is 0 Å². The molecule has 4 heteroatoms. The predicted molar refractivity (Wildman–Crippen MR) is 62.9 cm³/mol. The molecule has 1 N–H and O–H groups in total. The van der Waals surface area contributed by atoms with Crippen molar-refractivity contribution in [3.05, 3.63) is 48.3 Å². The van der Waals surface area contributed by atoms with Gasteiger partial charge >= 0.3 is 0 Å². The maximum Gasteiger partial charge on any atom is 0.105 e. The molecule has 0 fully saturated rings. The van der Waals surface area contributed by atoms with Crippen LogP contribution in [0.5, 0.6) is 0 Å². The second-order valence-corrected chi connectivity index (χ2v) is 3.67. The van der Waals surface area contributed by atoms with E-state index in [1.165, 1.54) is 0 Å². The van der Waals surface area contributed by atoms with E-state index in [0.717, 1.165) is 31.2 Å². The molecule has 84 valence electrons. The van der Waals surface area contributed by atoms with Crippen LogP contribution in [-0.4, -0.2) is 21.1 Å². The third-order valence-corrected chi connectivity index (χ3v) is 2.49. The molecule has 0 saturated heterocycles. The van der Waals surface area contributed by atoms with Crippen LogP contribution in [0.1, 0.15) is 11.5 Å². The summed E-state index contributed by atoms with van der Waals surface area (Å²) < 4.78 is 2.13. The lowest BCUT2D eigenvalue weighted by Gasteiger charge is -2.06. The van der Waals surface area contributed by atoms with E-state index in [1.54, 1.807) is 0 Å². The first-order chi connectivity index (χ1) is 7.86. The fourth-order valence-electron chi connectivity index (χ4n) is 1.56. The zero-order valence-electron chi connectivity index (χ0n) is 9.43. The summed E-state index contributed by atoms with van der Waals surface area (Å²) in [6.45, 7) is 4.69. The molecule has 2 rings (SSSR count). The normalized spacial score (nSPS) is 10.6. The molecule has 2 heterocycles. The minimum Gasteiger partial charge on any atom is -0.334 e. The van der Waals surface area contributed by atoms with Gasteiger partial charge in [0.05, 0.1) is 5.69 Å². The molecule has 0 unspecified atom stereocenters. The molecule has 0 aliphatic rings. The Labute approximate surface area is 95.4 Å². The van der Waals surface area contributed by atoms with Crippen molar-refractivity contribution in [1.82, 2.24) is 19.9 Å². The second kappa shape index (κ2) is 5.42. The number of imidazole rings is 1. The van der Waals surface area contributed by atoms with Crippen molar-refractivity contribution in [2.75, 3.05) is 6.54 Å².